The standard InChI is InChI=1S/C21H14ClN5O4S/c1-12-8-19(28)26-21(24-12)32-18-7-2-13(10-17(18)27(30)31)9-14(11-23)20(29)25-16-5-3-15(22)4-6-16/h2-10H,1H3,(H,25,29)(H,24,26,28)/b14-9+. The summed E-state index contributed by atoms with van der Waals surface area (Å²) in [7, 11) is 0. The number of hydrogen-bond acceptors (Lipinski definition) is 7. The van der Waals surface area contributed by atoms with Gasteiger partial charge in [0.25, 0.3) is 17.2 Å². The number of halogens is 1. The number of nitrogens with zero attached hydrogens (tertiary/aromatic N) is 3. The minimum Gasteiger partial charge on any atom is -0.321 e. The maximum absolute atomic E-state index is 12.4. The summed E-state index contributed by atoms with van der Waals surface area (Å²) in [5.41, 5.74) is 0.339. The second kappa shape index (κ2) is 9.91. The number of carbonyl (C=O) groups is 1. The van der Waals surface area contributed by atoms with Gasteiger partial charge in [-0.15, -0.1) is 0 Å². The summed E-state index contributed by atoms with van der Waals surface area (Å²) in [5, 5.41) is 24.2. The average Bonchev–Trinajstić information content (AvgIpc) is 2.73. The second-order valence-electron chi connectivity index (χ2n) is 6.41. The molecule has 2 N–H and O–H groups in total. The molecule has 9 nitrogen and oxygen atoms in total. The number of anilines is 1. The second-order valence-corrected chi connectivity index (χ2v) is 7.88. The molecule has 2 aromatic carbocycles. The fraction of sp³-hybridized carbons (Fsp3) is 0.0476. The van der Waals surface area contributed by atoms with E-state index >= 15 is 0 Å². The van der Waals surface area contributed by atoms with E-state index < -0.39 is 10.8 Å². The molecule has 1 amide bonds. The molecule has 1 aromatic heterocycles. The molecule has 0 aliphatic heterocycles. The van der Waals surface area contributed by atoms with Gasteiger partial charge in [-0.25, -0.2) is 4.98 Å². The Hall–Kier alpha value is -3.94. The molecule has 160 valence electrons. The summed E-state index contributed by atoms with van der Waals surface area (Å²) in [5.74, 6) is -0.669. The lowest BCUT2D eigenvalue weighted by Crippen LogP contribution is -2.13. The number of nitrogens with one attached hydrogen (secondary N) is 2. The first kappa shape index (κ1) is 22.7. The van der Waals surface area contributed by atoms with E-state index in [2.05, 4.69) is 15.3 Å². The fourth-order valence-corrected chi connectivity index (χ4v) is 3.65. The Kier molecular flexibility index (Phi) is 7.04. The largest absolute Gasteiger partial charge is 0.321 e. The SMILES string of the molecule is Cc1cc(=O)[nH]c(Sc2ccc(/C=C(\C#N)C(=O)Nc3ccc(Cl)cc3)cc2[N+](=O)[O-])n1. The van der Waals surface area contributed by atoms with Crippen molar-refractivity contribution in [3.05, 3.63) is 90.9 Å². The molecule has 0 saturated heterocycles. The summed E-state index contributed by atoms with van der Waals surface area (Å²) < 4.78 is 0. The first-order chi connectivity index (χ1) is 15.2. The summed E-state index contributed by atoms with van der Waals surface area (Å²) in [6.07, 6.45) is 1.25. The van der Waals surface area contributed by atoms with Crippen LogP contribution in [0, 0.1) is 28.4 Å². The monoisotopic (exact) mass is 467 g/mol. The molecule has 0 unspecified atom stereocenters. The van der Waals surface area contributed by atoms with Crippen LogP contribution in [-0.4, -0.2) is 20.8 Å². The molecule has 0 aliphatic carbocycles. The van der Waals surface area contributed by atoms with E-state index in [-0.39, 0.29) is 32.4 Å². The van der Waals surface area contributed by atoms with Gasteiger partial charge in [0.1, 0.15) is 11.6 Å². The lowest BCUT2D eigenvalue weighted by molar-refractivity contribution is -0.387. The van der Waals surface area contributed by atoms with Gasteiger partial charge in [-0.05, 0) is 60.7 Å². The summed E-state index contributed by atoms with van der Waals surface area (Å²) in [4.78, 5) is 41.9. The lowest BCUT2D eigenvalue weighted by atomic mass is 10.1. The molecule has 0 saturated carbocycles. The van der Waals surface area contributed by atoms with Gasteiger partial charge in [0.05, 0.1) is 9.82 Å². The Morgan fingerprint density at radius 1 is 1.28 bits per heavy atom. The van der Waals surface area contributed by atoms with E-state index in [1.165, 1.54) is 30.3 Å². The topological polar surface area (TPSA) is 142 Å². The third kappa shape index (κ3) is 5.81. The number of nitriles is 1. The molecule has 1 heterocycles. The van der Waals surface area contributed by atoms with Gasteiger partial charge in [-0.2, -0.15) is 5.26 Å². The molecular formula is C21H14ClN5O4S. The van der Waals surface area contributed by atoms with Gasteiger partial charge in [-0.3, -0.25) is 19.7 Å². The molecular weight excluding hydrogens is 454 g/mol. The number of H-pyrrole nitrogens is 1. The van der Waals surface area contributed by atoms with Crippen LogP contribution in [0.2, 0.25) is 5.02 Å². The smallest absolute Gasteiger partial charge is 0.283 e. The van der Waals surface area contributed by atoms with Crippen molar-refractivity contribution in [2.24, 2.45) is 0 Å². The van der Waals surface area contributed by atoms with Crippen LogP contribution < -0.4 is 10.9 Å². The maximum Gasteiger partial charge on any atom is 0.283 e. The van der Waals surface area contributed by atoms with Gasteiger partial charge in [0.15, 0.2) is 5.16 Å². The first-order valence-electron chi connectivity index (χ1n) is 8.98. The highest BCUT2D eigenvalue weighted by molar-refractivity contribution is 7.99. The van der Waals surface area contributed by atoms with Crippen LogP contribution in [-0.2, 0) is 4.79 Å². The van der Waals surface area contributed by atoms with Crippen molar-refractivity contribution >= 4 is 46.7 Å². The summed E-state index contributed by atoms with van der Waals surface area (Å²) in [6, 6.07) is 13.7. The van der Waals surface area contributed by atoms with Crippen molar-refractivity contribution in [1.82, 2.24) is 9.97 Å². The van der Waals surface area contributed by atoms with Gasteiger partial charge in [-0.1, -0.05) is 17.7 Å². The zero-order valence-electron chi connectivity index (χ0n) is 16.5. The van der Waals surface area contributed by atoms with Crippen molar-refractivity contribution in [3.63, 3.8) is 0 Å². The maximum atomic E-state index is 12.4. The molecule has 3 rings (SSSR count). The Balaban J connectivity index is 1.89. The number of aromatic nitrogens is 2. The number of rotatable bonds is 6. The number of nitro benzene ring substituents is 1. The van der Waals surface area contributed by atoms with Crippen LogP contribution in [0.3, 0.4) is 0 Å². The number of aromatic amines is 1. The third-order valence-corrected chi connectivity index (χ3v) is 5.22. The van der Waals surface area contributed by atoms with Crippen LogP contribution in [0.5, 0.6) is 0 Å². The fourth-order valence-electron chi connectivity index (χ4n) is 2.60. The van der Waals surface area contributed by atoms with E-state index in [0.29, 0.717) is 16.4 Å². The molecule has 0 atom stereocenters. The molecule has 0 spiro atoms. The number of benzene rings is 2. The van der Waals surface area contributed by atoms with Crippen LogP contribution in [0.25, 0.3) is 6.08 Å². The zero-order valence-corrected chi connectivity index (χ0v) is 18.0. The van der Waals surface area contributed by atoms with Gasteiger partial charge in [0, 0.05) is 28.5 Å². The minimum absolute atomic E-state index is 0.210. The Morgan fingerprint density at radius 3 is 2.62 bits per heavy atom. The van der Waals surface area contributed by atoms with E-state index in [0.717, 1.165) is 11.8 Å². The number of amides is 1. The lowest BCUT2D eigenvalue weighted by Gasteiger charge is -2.06. The zero-order chi connectivity index (χ0) is 23.3. The number of nitro groups is 1. The van der Waals surface area contributed by atoms with Gasteiger partial charge in [0.2, 0.25) is 0 Å². The number of carbonyl (C=O) groups excluding carboxylic acids is 1. The molecule has 32 heavy (non-hydrogen) atoms. The molecule has 11 heteroatoms. The molecule has 0 fully saturated rings. The van der Waals surface area contributed by atoms with E-state index in [9.17, 15) is 25.0 Å². The van der Waals surface area contributed by atoms with Crippen LogP contribution in [0.1, 0.15) is 11.3 Å². The number of hydrogen-bond donors (Lipinski definition) is 2. The quantitative estimate of drug-likeness (QED) is 0.180. The highest BCUT2D eigenvalue weighted by atomic mass is 35.5. The van der Waals surface area contributed by atoms with Crippen LogP contribution in [0.4, 0.5) is 11.4 Å². The highest BCUT2D eigenvalue weighted by Crippen LogP contribution is 2.34. The third-order valence-electron chi connectivity index (χ3n) is 4.01. The minimum atomic E-state index is -0.669. The van der Waals surface area contributed by atoms with E-state index in [1.807, 2.05) is 0 Å². The molecule has 3 aromatic rings. The normalized spacial score (nSPS) is 11.0. The Bertz CT molecular complexity index is 1330. The Labute approximate surface area is 190 Å². The van der Waals surface area contributed by atoms with Crippen molar-refractivity contribution in [1.29, 1.82) is 5.26 Å². The van der Waals surface area contributed by atoms with Gasteiger partial charge < -0.3 is 10.3 Å². The number of aryl methyl sites for hydroxylation is 1. The van der Waals surface area contributed by atoms with Crippen molar-refractivity contribution < 1.29 is 9.72 Å². The molecule has 0 bridgehead atoms. The predicted molar refractivity (Wildman–Crippen MR) is 120 cm³/mol. The molecule has 0 aliphatic rings. The van der Waals surface area contributed by atoms with Crippen LogP contribution >= 0.6 is 23.4 Å². The van der Waals surface area contributed by atoms with Crippen LogP contribution in [0.15, 0.2) is 69.0 Å². The van der Waals surface area contributed by atoms with Crippen molar-refractivity contribution in [3.8, 4) is 6.07 Å². The van der Waals surface area contributed by atoms with Crippen molar-refractivity contribution in [2.75, 3.05) is 5.32 Å². The Morgan fingerprint density at radius 2 is 2.00 bits per heavy atom. The average molecular weight is 468 g/mol. The van der Waals surface area contributed by atoms with Crippen molar-refractivity contribution in [2.45, 2.75) is 17.0 Å². The molecule has 0 radical (unpaired) electrons. The van der Waals surface area contributed by atoms with E-state index in [1.54, 1.807) is 37.3 Å². The van der Waals surface area contributed by atoms with E-state index in [4.69, 9.17) is 11.6 Å². The summed E-state index contributed by atoms with van der Waals surface area (Å²) in [6.45, 7) is 1.64. The first-order valence-corrected chi connectivity index (χ1v) is 10.2. The highest BCUT2D eigenvalue weighted by Gasteiger charge is 2.18. The summed E-state index contributed by atoms with van der Waals surface area (Å²) >= 11 is 6.74. The predicted octanol–water partition coefficient (Wildman–Crippen LogP) is 4.34. The van der Waals surface area contributed by atoms with Gasteiger partial charge >= 0.3 is 0 Å².